The van der Waals surface area contributed by atoms with E-state index < -0.39 is 0 Å². The Hall–Kier alpha value is -2.92. The molecular weight excluding hydrogens is 510 g/mol. The van der Waals surface area contributed by atoms with E-state index in [9.17, 15) is 4.79 Å². The second kappa shape index (κ2) is 10.8. The van der Waals surface area contributed by atoms with Crippen LogP contribution in [-0.4, -0.2) is 90.4 Å². The highest BCUT2D eigenvalue weighted by Gasteiger charge is 2.24. The molecule has 188 valence electrons. The Morgan fingerprint density at radius 2 is 1.89 bits per heavy atom. The highest BCUT2D eigenvalue weighted by Crippen LogP contribution is 2.32. The number of piperazine rings is 1. The predicted molar refractivity (Wildman–Crippen MR) is 145 cm³/mol. The monoisotopic (exact) mass is 543 g/mol. The molecule has 0 bridgehead atoms. The molecule has 4 rings (SSSR count). The summed E-state index contributed by atoms with van der Waals surface area (Å²) >= 11 is 3.54. The van der Waals surface area contributed by atoms with Crippen LogP contribution >= 0.6 is 15.9 Å². The zero-order valence-corrected chi connectivity index (χ0v) is 22.6. The molecule has 10 nitrogen and oxygen atoms in total. The second-order valence-electron chi connectivity index (χ2n) is 9.43. The van der Waals surface area contributed by atoms with Crippen LogP contribution in [0.3, 0.4) is 0 Å². The molecular formula is C24H34BrN9O. The molecule has 3 heterocycles. The standard InChI is InChI=1S/C24H34BrN9O/c1-15(2)29-24(35)17-12-18(26-6-7-32(4)5)16(3)19(13-17)33-8-10-34(11-9-33)23-20-21(25)30-31-22(20)27-14-28-23/h12-15,26H,6-11H2,1-5H3,(H,29,35)(H,27,28,30,31). The molecule has 11 heteroatoms. The van der Waals surface area contributed by atoms with E-state index in [1.54, 1.807) is 6.33 Å². The van der Waals surface area contributed by atoms with Crippen LogP contribution in [-0.2, 0) is 0 Å². The number of halogens is 1. The van der Waals surface area contributed by atoms with Gasteiger partial charge in [-0.1, -0.05) is 0 Å². The molecule has 1 saturated heterocycles. The first-order valence-corrected chi connectivity index (χ1v) is 12.7. The molecule has 0 aliphatic carbocycles. The number of carbonyl (C=O) groups excluding carboxylic acids is 1. The van der Waals surface area contributed by atoms with Crippen molar-refractivity contribution in [2.75, 3.05) is 68.5 Å². The first kappa shape index (κ1) is 25.2. The summed E-state index contributed by atoms with van der Waals surface area (Å²) in [5.41, 5.74) is 4.57. The lowest BCUT2D eigenvalue weighted by atomic mass is 10.0. The van der Waals surface area contributed by atoms with E-state index in [1.165, 1.54) is 0 Å². The van der Waals surface area contributed by atoms with Crippen molar-refractivity contribution in [2.45, 2.75) is 26.8 Å². The van der Waals surface area contributed by atoms with Crippen molar-refractivity contribution in [3.8, 4) is 0 Å². The Balaban J connectivity index is 1.57. The van der Waals surface area contributed by atoms with Gasteiger partial charge in [-0.15, -0.1) is 0 Å². The maximum atomic E-state index is 12.9. The van der Waals surface area contributed by atoms with Crippen LogP contribution in [0, 0.1) is 6.92 Å². The first-order chi connectivity index (χ1) is 16.7. The van der Waals surface area contributed by atoms with Crippen molar-refractivity contribution in [1.82, 2.24) is 30.4 Å². The van der Waals surface area contributed by atoms with Gasteiger partial charge in [0, 0.05) is 62.2 Å². The summed E-state index contributed by atoms with van der Waals surface area (Å²) in [6.45, 7) is 11.0. The van der Waals surface area contributed by atoms with E-state index in [1.807, 2.05) is 26.0 Å². The van der Waals surface area contributed by atoms with Crippen molar-refractivity contribution < 1.29 is 4.79 Å². The van der Waals surface area contributed by atoms with Crippen molar-refractivity contribution >= 4 is 50.1 Å². The zero-order chi connectivity index (χ0) is 25.1. The fourth-order valence-electron chi connectivity index (χ4n) is 4.31. The number of likely N-dealkylation sites (N-methyl/N-ethyl adjacent to an activating group) is 1. The number of aromatic amines is 1. The first-order valence-electron chi connectivity index (χ1n) is 11.9. The van der Waals surface area contributed by atoms with Crippen LogP contribution in [0.4, 0.5) is 17.2 Å². The highest BCUT2D eigenvalue weighted by atomic mass is 79.9. The van der Waals surface area contributed by atoms with Crippen LogP contribution in [0.25, 0.3) is 11.0 Å². The molecule has 1 aromatic carbocycles. The minimum absolute atomic E-state index is 0.0521. The summed E-state index contributed by atoms with van der Waals surface area (Å²) in [5, 5.41) is 14.6. The average molecular weight is 545 g/mol. The van der Waals surface area contributed by atoms with E-state index in [4.69, 9.17) is 0 Å². The van der Waals surface area contributed by atoms with Gasteiger partial charge in [-0.25, -0.2) is 9.97 Å². The Morgan fingerprint density at radius 3 is 2.57 bits per heavy atom. The Labute approximate surface area is 214 Å². The van der Waals surface area contributed by atoms with Crippen molar-refractivity contribution in [2.24, 2.45) is 0 Å². The molecule has 0 spiro atoms. The fourth-order valence-corrected chi connectivity index (χ4v) is 4.75. The van der Waals surface area contributed by atoms with E-state index in [0.29, 0.717) is 11.2 Å². The predicted octanol–water partition coefficient (Wildman–Crippen LogP) is 2.86. The minimum atomic E-state index is -0.0521. The molecule has 0 radical (unpaired) electrons. The fraction of sp³-hybridized carbons (Fsp3) is 0.500. The van der Waals surface area contributed by atoms with E-state index in [0.717, 1.165) is 72.0 Å². The largest absolute Gasteiger partial charge is 0.383 e. The summed E-state index contributed by atoms with van der Waals surface area (Å²) in [6.07, 6.45) is 1.56. The van der Waals surface area contributed by atoms with Gasteiger partial charge < -0.3 is 25.3 Å². The van der Waals surface area contributed by atoms with Crippen LogP contribution < -0.4 is 20.4 Å². The van der Waals surface area contributed by atoms with Gasteiger partial charge >= 0.3 is 0 Å². The lowest BCUT2D eigenvalue weighted by molar-refractivity contribution is 0.0943. The molecule has 0 atom stereocenters. The molecule has 1 fully saturated rings. The lowest BCUT2D eigenvalue weighted by Gasteiger charge is -2.38. The quantitative estimate of drug-likeness (QED) is 0.398. The number of benzene rings is 1. The summed E-state index contributed by atoms with van der Waals surface area (Å²) in [6, 6.07) is 4.07. The van der Waals surface area contributed by atoms with Gasteiger partial charge in [-0.2, -0.15) is 5.10 Å². The molecule has 1 aliphatic rings. The van der Waals surface area contributed by atoms with Crippen molar-refractivity contribution in [3.05, 3.63) is 34.2 Å². The third-order valence-electron chi connectivity index (χ3n) is 6.14. The molecule has 0 saturated carbocycles. The molecule has 3 N–H and O–H groups in total. The van der Waals surface area contributed by atoms with Gasteiger partial charge in [0.2, 0.25) is 0 Å². The van der Waals surface area contributed by atoms with Gasteiger partial charge in [-0.05, 0) is 68.5 Å². The smallest absolute Gasteiger partial charge is 0.251 e. The normalized spacial score (nSPS) is 14.3. The number of hydrogen-bond donors (Lipinski definition) is 3. The van der Waals surface area contributed by atoms with Crippen molar-refractivity contribution in [1.29, 1.82) is 0 Å². The zero-order valence-electron chi connectivity index (χ0n) is 21.0. The van der Waals surface area contributed by atoms with E-state index in [-0.39, 0.29) is 11.9 Å². The molecule has 3 aromatic rings. The summed E-state index contributed by atoms with van der Waals surface area (Å²) in [4.78, 5) is 28.5. The van der Waals surface area contributed by atoms with Gasteiger partial charge in [0.15, 0.2) is 5.65 Å². The Bertz CT molecular complexity index is 1190. The summed E-state index contributed by atoms with van der Waals surface area (Å²) in [5.74, 6) is 0.826. The van der Waals surface area contributed by atoms with Crippen LogP contribution in [0.5, 0.6) is 0 Å². The number of anilines is 3. The topological polar surface area (TPSA) is 105 Å². The molecule has 1 amide bonds. The van der Waals surface area contributed by atoms with E-state index >= 15 is 0 Å². The number of H-pyrrole nitrogens is 1. The highest BCUT2D eigenvalue weighted by molar-refractivity contribution is 9.10. The second-order valence-corrected chi connectivity index (χ2v) is 10.2. The van der Waals surface area contributed by atoms with Gasteiger partial charge in [0.05, 0.1) is 5.39 Å². The number of fused-ring (bicyclic) bond motifs is 1. The molecule has 0 unspecified atom stereocenters. The van der Waals surface area contributed by atoms with Gasteiger partial charge in [-0.3, -0.25) is 9.89 Å². The Morgan fingerprint density at radius 1 is 1.17 bits per heavy atom. The lowest BCUT2D eigenvalue weighted by Crippen LogP contribution is -2.47. The number of nitrogens with one attached hydrogen (secondary N) is 3. The molecule has 35 heavy (non-hydrogen) atoms. The number of hydrogen-bond acceptors (Lipinski definition) is 8. The average Bonchev–Trinajstić information content (AvgIpc) is 3.20. The number of nitrogens with zero attached hydrogens (tertiary/aromatic N) is 6. The van der Waals surface area contributed by atoms with Crippen LogP contribution in [0.1, 0.15) is 29.8 Å². The number of aromatic nitrogens is 4. The number of carbonyl (C=O) groups is 1. The maximum Gasteiger partial charge on any atom is 0.251 e. The minimum Gasteiger partial charge on any atom is -0.383 e. The van der Waals surface area contributed by atoms with Gasteiger partial charge in [0.1, 0.15) is 16.7 Å². The summed E-state index contributed by atoms with van der Waals surface area (Å²) in [7, 11) is 4.11. The van der Waals surface area contributed by atoms with Crippen molar-refractivity contribution in [3.63, 3.8) is 0 Å². The van der Waals surface area contributed by atoms with E-state index in [2.05, 4.69) is 82.4 Å². The molecule has 1 aliphatic heterocycles. The molecule has 2 aromatic heterocycles. The van der Waals surface area contributed by atoms with Gasteiger partial charge in [0.25, 0.3) is 5.91 Å². The maximum absolute atomic E-state index is 12.9. The summed E-state index contributed by atoms with van der Waals surface area (Å²) < 4.78 is 0.790. The third-order valence-corrected chi connectivity index (χ3v) is 6.72. The Kier molecular flexibility index (Phi) is 7.75. The SMILES string of the molecule is Cc1c(NCCN(C)C)cc(C(=O)NC(C)C)cc1N1CCN(c2ncnc3n[nH]c(Br)c23)CC1. The van der Waals surface area contributed by atoms with Crippen LogP contribution in [0.2, 0.25) is 0 Å². The van der Waals surface area contributed by atoms with Crippen LogP contribution in [0.15, 0.2) is 23.1 Å². The third kappa shape index (κ3) is 5.67. The number of rotatable bonds is 8. The number of amides is 1.